The maximum absolute atomic E-state index is 13.0. The number of carbonyl (C=O) groups excluding carboxylic acids is 4. The van der Waals surface area contributed by atoms with E-state index < -0.39 is 59.6 Å². The topological polar surface area (TPSA) is 217 Å². The maximum Gasteiger partial charge on any atom is 0.433 e. The van der Waals surface area contributed by atoms with Gasteiger partial charge >= 0.3 is 24.7 Å². The van der Waals surface area contributed by atoms with Crippen molar-refractivity contribution in [3.05, 3.63) is 227 Å². The molecule has 1 unspecified atom stereocenters. The zero-order valence-electron chi connectivity index (χ0n) is 58.0. The minimum Gasteiger partial charge on any atom is -0.386 e. The monoisotopic (exact) mass is 1580 g/mol. The number of aliphatic hydroxyl groups excluding tert-OH is 1. The molecular weight excluding hydrogens is 1520 g/mol. The van der Waals surface area contributed by atoms with Crippen molar-refractivity contribution >= 4 is 80.3 Å². The van der Waals surface area contributed by atoms with Crippen molar-refractivity contribution in [1.82, 2.24) is 69.5 Å². The van der Waals surface area contributed by atoms with Crippen LogP contribution in [0.15, 0.2) is 158 Å². The van der Waals surface area contributed by atoms with Crippen LogP contribution in [-0.2, 0) is 72.4 Å². The molecule has 4 N–H and O–H groups in total. The van der Waals surface area contributed by atoms with E-state index in [-0.39, 0.29) is 46.4 Å². The van der Waals surface area contributed by atoms with Crippen LogP contribution >= 0.6 is 56.7 Å². The van der Waals surface area contributed by atoms with Crippen molar-refractivity contribution in [3.8, 4) is 42.3 Å². The number of thiophene rings is 5. The average Bonchev–Trinajstić information content (AvgIpc) is 1.67. The van der Waals surface area contributed by atoms with Crippen LogP contribution in [0.1, 0.15) is 108 Å². The Bertz CT molecular complexity index is 4940. The molecule has 19 nitrogen and oxygen atoms in total. The Labute approximate surface area is 624 Å². The van der Waals surface area contributed by atoms with Crippen molar-refractivity contribution in [1.29, 1.82) is 0 Å². The minimum absolute atomic E-state index is 0.156. The third-order valence-corrected chi connectivity index (χ3v) is 21.3. The zero-order valence-corrected chi connectivity index (χ0v) is 62.1. The van der Waals surface area contributed by atoms with Gasteiger partial charge in [-0.1, -0.05) is 65.7 Å². The average molecular weight is 1590 g/mol. The molecule has 36 heteroatoms. The molecule has 0 aliphatic rings. The van der Waals surface area contributed by atoms with Gasteiger partial charge in [0.1, 0.15) is 45.6 Å². The van der Waals surface area contributed by atoms with Crippen LogP contribution in [0.3, 0.4) is 0 Å². The quantitative estimate of drug-likeness (QED) is 0.0418. The standard InChI is InChI=1S/C20H20F3N3O2S.C19H18F3N3OS.C16H16F3N5OS.C16H14F3N3OS2/c1-12(18(27)13-7-5-4-6-8-13)25(2)19(28)16-10-9-15(29-16)14-11-17(20(21,22)23)26(3)24-14;1-11-6-12(2)8-13(7-11)10-23-18(26)16-5-4-15(27-16)14-9-17(19(20,21)22)25(3)24-14;1-23-14(16(17,18)19)9-11(22-23)12-3-4-13(26-12)15(25)21-5-2-7-24-8-6-20-10-24;1-22-14(16(17,18)19)9-11(21-22)12-4-5-13(25-12)15(23)20-7-6-10-3-2-8-24-10/h4-12,18,27H,1-3H3;4-9H,10H2,1-3H3,(H,23,26);3-4,6,8-10H,2,5,7H2,1H3,(H,21,25);2-5,8-9H,6-7H2,1H3,(H,20,23)/t12?,18-;;;/m1.../s1. The highest BCUT2D eigenvalue weighted by Crippen LogP contribution is 2.39. The van der Waals surface area contributed by atoms with Crippen LogP contribution in [0.5, 0.6) is 0 Å². The van der Waals surface area contributed by atoms with Gasteiger partial charge in [0.15, 0.2) is 0 Å². The Morgan fingerprint density at radius 3 is 1.30 bits per heavy atom. The van der Waals surface area contributed by atoms with E-state index >= 15 is 0 Å². The van der Waals surface area contributed by atoms with E-state index in [4.69, 9.17) is 0 Å². The lowest BCUT2D eigenvalue weighted by molar-refractivity contribution is -0.144. The molecule has 0 aliphatic heterocycles. The van der Waals surface area contributed by atoms with Gasteiger partial charge in [-0.25, -0.2) is 4.98 Å². The largest absolute Gasteiger partial charge is 0.433 e. The smallest absolute Gasteiger partial charge is 0.386 e. The second kappa shape index (κ2) is 34.7. The van der Waals surface area contributed by atoms with Crippen LogP contribution < -0.4 is 16.0 Å². The lowest BCUT2D eigenvalue weighted by Crippen LogP contribution is -2.38. The molecule has 10 heterocycles. The van der Waals surface area contributed by atoms with Crippen molar-refractivity contribution in [3.63, 3.8) is 0 Å². The number of nitrogens with one attached hydrogen (secondary N) is 3. The van der Waals surface area contributed by atoms with Gasteiger partial charge in [-0.15, -0.1) is 56.7 Å². The highest BCUT2D eigenvalue weighted by molar-refractivity contribution is 7.18. The third-order valence-electron chi connectivity index (χ3n) is 15.9. The van der Waals surface area contributed by atoms with Gasteiger partial charge < -0.3 is 30.5 Å². The molecule has 0 spiro atoms. The second-order valence-corrected chi connectivity index (χ2v) is 29.4. The molecule has 0 aliphatic carbocycles. The number of imidazole rings is 1. The van der Waals surface area contributed by atoms with Crippen LogP contribution in [0.2, 0.25) is 0 Å². The van der Waals surface area contributed by atoms with Crippen LogP contribution in [-0.4, -0.2) is 108 Å². The fourth-order valence-corrected chi connectivity index (χ4v) is 14.8. The Hall–Kier alpha value is -10.0. The first-order chi connectivity index (χ1) is 50.4. The van der Waals surface area contributed by atoms with Gasteiger partial charge in [0, 0.05) is 78.7 Å². The summed E-state index contributed by atoms with van der Waals surface area (Å²) >= 11 is 6.04. The molecule has 0 radical (unpaired) electrons. The molecule has 0 saturated heterocycles. The fourth-order valence-electron chi connectivity index (χ4n) is 10.5. The SMILES string of the molecule is CC([C@@H](O)c1ccccc1)N(C)C(=O)c1ccc(-c2cc(C(F)(F)F)n(C)n2)s1.Cc1cc(C)cc(CNC(=O)c2ccc(-c3cc(C(F)(F)F)n(C)n3)s2)c1.Cn1nc(-c2ccc(C(=O)NCCCn3ccnc3)s2)cc1C(F)(F)F.Cn1nc(-c2ccc(C(=O)NCCc3cccs3)s2)cc1C(F)(F)F. The van der Waals surface area contributed by atoms with Gasteiger partial charge in [-0.3, -0.25) is 37.9 Å². The van der Waals surface area contributed by atoms with E-state index in [1.54, 1.807) is 111 Å². The summed E-state index contributed by atoms with van der Waals surface area (Å²) in [6.45, 7) is 7.84. The van der Waals surface area contributed by atoms with Crippen molar-refractivity contribution < 1.29 is 77.0 Å². The van der Waals surface area contributed by atoms with Crippen molar-refractivity contribution in [2.75, 3.05) is 20.1 Å². The molecule has 12 aromatic rings. The first-order valence-corrected chi connectivity index (χ1v) is 36.3. The van der Waals surface area contributed by atoms with E-state index in [2.05, 4.69) is 47.4 Å². The molecule has 0 bridgehead atoms. The van der Waals surface area contributed by atoms with Gasteiger partial charge in [-0.2, -0.15) is 73.1 Å². The number of hydrogen-bond donors (Lipinski definition) is 4. The van der Waals surface area contributed by atoms with Crippen LogP contribution in [0.4, 0.5) is 52.7 Å². The van der Waals surface area contributed by atoms with E-state index in [0.717, 1.165) is 124 Å². The summed E-state index contributed by atoms with van der Waals surface area (Å²) in [6.07, 6.45) is -12.0. The molecule has 12 rings (SSSR count). The second-order valence-electron chi connectivity index (χ2n) is 24.0. The summed E-state index contributed by atoms with van der Waals surface area (Å²) in [5.74, 6) is -1.08. The molecular formula is C71H68F12N14O5S5. The number of carbonyl (C=O) groups is 4. The van der Waals surface area contributed by atoms with Gasteiger partial charge in [0.25, 0.3) is 23.6 Å². The predicted octanol–water partition coefficient (Wildman–Crippen LogP) is 16.5. The summed E-state index contributed by atoms with van der Waals surface area (Å²) in [5.41, 5.74) is 1.36. The molecule has 107 heavy (non-hydrogen) atoms. The molecule has 2 atom stereocenters. The molecule has 4 amide bonds. The number of nitrogens with zero attached hydrogens (tertiary/aromatic N) is 11. The van der Waals surface area contributed by atoms with Gasteiger partial charge in [-0.05, 0) is 129 Å². The van der Waals surface area contributed by atoms with Gasteiger partial charge in [0.2, 0.25) is 0 Å². The number of amides is 4. The Kier molecular flexibility index (Phi) is 26.3. The van der Waals surface area contributed by atoms with Gasteiger partial charge in [0.05, 0.1) is 57.5 Å². The van der Waals surface area contributed by atoms with E-state index in [0.29, 0.717) is 64.2 Å². The first kappa shape index (κ1) is 81.1. The Morgan fingerprint density at radius 1 is 0.514 bits per heavy atom. The predicted molar refractivity (Wildman–Crippen MR) is 386 cm³/mol. The molecule has 0 fully saturated rings. The number of benzene rings is 2. The number of likely N-dealkylation sites (N-methyl/N-ethyl adjacent to an activating group) is 1. The lowest BCUT2D eigenvalue weighted by atomic mass is 10.0. The highest BCUT2D eigenvalue weighted by Gasteiger charge is 2.39. The van der Waals surface area contributed by atoms with E-state index in [1.165, 1.54) is 38.0 Å². The molecule has 2 aromatic carbocycles. The van der Waals surface area contributed by atoms with Crippen LogP contribution in [0.25, 0.3) is 42.3 Å². The Morgan fingerprint density at radius 2 is 0.916 bits per heavy atom. The highest BCUT2D eigenvalue weighted by atomic mass is 32.1. The maximum atomic E-state index is 13.0. The minimum atomic E-state index is -4.50. The third kappa shape index (κ3) is 21.6. The molecule has 10 aromatic heterocycles. The van der Waals surface area contributed by atoms with Crippen molar-refractivity contribution in [2.24, 2.45) is 28.2 Å². The van der Waals surface area contributed by atoms with Crippen LogP contribution in [0, 0.1) is 13.8 Å². The van der Waals surface area contributed by atoms with Crippen molar-refractivity contribution in [2.45, 2.75) is 83.6 Å². The zero-order chi connectivity index (χ0) is 77.9. The lowest BCUT2D eigenvalue weighted by Gasteiger charge is -2.29. The summed E-state index contributed by atoms with van der Waals surface area (Å²) in [4.78, 5) is 59.7. The first-order valence-electron chi connectivity index (χ1n) is 32.2. The Balaban J connectivity index is 0.000000165. The number of alkyl halides is 12. The van der Waals surface area contributed by atoms with E-state index in [1.807, 2.05) is 60.3 Å². The summed E-state index contributed by atoms with van der Waals surface area (Å²) in [5, 5.41) is 36.6. The number of halogens is 12. The number of aryl methyl sites for hydroxylation is 7. The number of aliphatic hydroxyl groups is 1. The molecule has 0 saturated carbocycles. The summed E-state index contributed by atoms with van der Waals surface area (Å²) in [6, 6.07) is 35.2. The number of rotatable bonds is 20. The molecule has 566 valence electrons. The normalized spacial score (nSPS) is 12.3. The fraction of sp³-hybridized carbons (Fsp3) is 0.282. The number of hydrogen-bond acceptors (Lipinski definition) is 15. The number of aromatic nitrogens is 10. The summed E-state index contributed by atoms with van der Waals surface area (Å²) in [7, 11) is 6.55. The summed E-state index contributed by atoms with van der Waals surface area (Å²) < 4.78 is 160. The van der Waals surface area contributed by atoms with E-state index in [9.17, 15) is 77.0 Å².